The highest BCUT2D eigenvalue weighted by molar-refractivity contribution is 5.86. The Bertz CT molecular complexity index is 487. The lowest BCUT2D eigenvalue weighted by molar-refractivity contribution is -0.135. The van der Waals surface area contributed by atoms with Gasteiger partial charge in [0.05, 0.1) is 18.7 Å². The largest absolute Gasteiger partial charge is 0.394 e. The minimum atomic E-state index is -0.901. The molecule has 0 heterocycles. The van der Waals surface area contributed by atoms with Crippen molar-refractivity contribution in [2.24, 2.45) is 11.3 Å². The van der Waals surface area contributed by atoms with E-state index in [1.54, 1.807) is 0 Å². The van der Waals surface area contributed by atoms with Crippen molar-refractivity contribution in [1.29, 1.82) is 5.26 Å². The van der Waals surface area contributed by atoms with E-state index in [9.17, 15) is 15.2 Å². The van der Waals surface area contributed by atoms with Crippen molar-refractivity contribution in [2.45, 2.75) is 25.8 Å². The van der Waals surface area contributed by atoms with Crippen molar-refractivity contribution < 1.29 is 9.90 Å². The van der Waals surface area contributed by atoms with Crippen LogP contribution in [0.15, 0.2) is 30.3 Å². The molecule has 0 saturated heterocycles. The number of aliphatic hydroxyl groups is 1. The minimum absolute atomic E-state index is 0.174. The molecule has 0 radical (unpaired) electrons. The summed E-state index contributed by atoms with van der Waals surface area (Å²) in [7, 11) is 0. The van der Waals surface area contributed by atoms with Crippen LogP contribution in [0.2, 0.25) is 0 Å². The Morgan fingerprint density at radius 2 is 2.16 bits per heavy atom. The Balaban J connectivity index is 2.07. The monoisotopic (exact) mass is 258 g/mol. The summed E-state index contributed by atoms with van der Waals surface area (Å²) in [4.78, 5) is 12.2. The zero-order chi connectivity index (χ0) is 13.9. The molecule has 19 heavy (non-hydrogen) atoms. The third kappa shape index (κ3) is 2.61. The van der Waals surface area contributed by atoms with Crippen molar-refractivity contribution in [3.8, 4) is 6.07 Å². The van der Waals surface area contributed by atoms with E-state index in [2.05, 4.69) is 11.4 Å². The van der Waals surface area contributed by atoms with E-state index in [0.29, 0.717) is 18.8 Å². The molecule has 1 fully saturated rings. The molecule has 4 heteroatoms. The van der Waals surface area contributed by atoms with Crippen LogP contribution in [-0.2, 0) is 4.79 Å². The molecule has 0 aliphatic heterocycles. The first kappa shape index (κ1) is 13.6. The van der Waals surface area contributed by atoms with Gasteiger partial charge in [0, 0.05) is 0 Å². The van der Waals surface area contributed by atoms with E-state index in [1.807, 2.05) is 37.3 Å². The van der Waals surface area contributed by atoms with Gasteiger partial charge in [0.15, 0.2) is 0 Å². The third-order valence-corrected chi connectivity index (χ3v) is 3.73. The quantitative estimate of drug-likeness (QED) is 0.864. The third-order valence-electron chi connectivity index (χ3n) is 3.73. The highest BCUT2D eigenvalue weighted by Gasteiger charge is 2.49. The molecule has 0 bridgehead atoms. The number of aliphatic hydroxyl groups excluding tert-OH is 1. The first-order chi connectivity index (χ1) is 9.11. The summed E-state index contributed by atoms with van der Waals surface area (Å²) in [6, 6.07) is 11.0. The Morgan fingerprint density at radius 3 is 2.63 bits per heavy atom. The fraction of sp³-hybridized carbons (Fsp3) is 0.467. The van der Waals surface area contributed by atoms with Gasteiger partial charge < -0.3 is 10.4 Å². The number of amides is 1. The standard InChI is InChI=1S/C15H18N2O2/c1-11-7-15(8-11,10-16)14(19)17-13(9-18)12-5-3-2-4-6-12/h2-6,11,13,18H,7-9H2,1H3,(H,17,19)/t11?,13-,15?/m0/s1. The van der Waals surface area contributed by atoms with E-state index in [4.69, 9.17) is 0 Å². The predicted molar refractivity (Wildman–Crippen MR) is 70.9 cm³/mol. The van der Waals surface area contributed by atoms with Gasteiger partial charge >= 0.3 is 0 Å². The van der Waals surface area contributed by atoms with Gasteiger partial charge in [-0.25, -0.2) is 0 Å². The summed E-state index contributed by atoms with van der Waals surface area (Å²) in [5.74, 6) is 0.144. The summed E-state index contributed by atoms with van der Waals surface area (Å²) < 4.78 is 0. The van der Waals surface area contributed by atoms with Gasteiger partial charge in [-0.2, -0.15) is 5.26 Å². The first-order valence-electron chi connectivity index (χ1n) is 6.49. The van der Waals surface area contributed by atoms with Crippen LogP contribution in [0, 0.1) is 22.7 Å². The smallest absolute Gasteiger partial charge is 0.241 e. The van der Waals surface area contributed by atoms with Crippen LogP contribution < -0.4 is 5.32 Å². The molecule has 4 nitrogen and oxygen atoms in total. The average molecular weight is 258 g/mol. The zero-order valence-corrected chi connectivity index (χ0v) is 11.0. The summed E-state index contributed by atoms with van der Waals surface area (Å²) in [6.45, 7) is 1.86. The van der Waals surface area contributed by atoms with Crippen molar-refractivity contribution in [3.63, 3.8) is 0 Å². The maximum Gasteiger partial charge on any atom is 0.241 e. The topological polar surface area (TPSA) is 73.1 Å². The molecular weight excluding hydrogens is 240 g/mol. The van der Waals surface area contributed by atoms with E-state index < -0.39 is 11.5 Å². The normalized spacial score (nSPS) is 26.9. The molecule has 1 aliphatic rings. The van der Waals surface area contributed by atoms with E-state index in [-0.39, 0.29) is 12.5 Å². The molecule has 2 rings (SSSR count). The fourth-order valence-corrected chi connectivity index (χ4v) is 2.67. The van der Waals surface area contributed by atoms with Crippen molar-refractivity contribution >= 4 is 5.91 Å². The highest BCUT2D eigenvalue weighted by Crippen LogP contribution is 2.45. The van der Waals surface area contributed by atoms with Crippen LogP contribution >= 0.6 is 0 Å². The zero-order valence-electron chi connectivity index (χ0n) is 11.0. The molecule has 1 saturated carbocycles. The lowest BCUT2D eigenvalue weighted by atomic mass is 9.63. The van der Waals surface area contributed by atoms with Crippen LogP contribution in [-0.4, -0.2) is 17.6 Å². The van der Waals surface area contributed by atoms with Crippen LogP contribution in [0.4, 0.5) is 0 Å². The number of carbonyl (C=O) groups excluding carboxylic acids is 1. The van der Waals surface area contributed by atoms with Gasteiger partial charge in [-0.05, 0) is 24.3 Å². The predicted octanol–water partition coefficient (Wildman–Crippen LogP) is 1.78. The number of hydrogen-bond acceptors (Lipinski definition) is 3. The van der Waals surface area contributed by atoms with Gasteiger partial charge in [-0.1, -0.05) is 37.3 Å². The number of nitriles is 1. The van der Waals surface area contributed by atoms with Crippen molar-refractivity contribution in [1.82, 2.24) is 5.32 Å². The van der Waals surface area contributed by atoms with Crippen LogP contribution in [0.1, 0.15) is 31.4 Å². The van der Waals surface area contributed by atoms with E-state index in [0.717, 1.165) is 5.56 Å². The number of hydrogen-bond donors (Lipinski definition) is 2. The highest BCUT2D eigenvalue weighted by atomic mass is 16.3. The minimum Gasteiger partial charge on any atom is -0.394 e. The summed E-state index contributed by atoms with van der Waals surface area (Å²) in [5, 5.41) is 21.4. The Morgan fingerprint density at radius 1 is 1.53 bits per heavy atom. The second-order valence-corrected chi connectivity index (χ2v) is 5.33. The molecule has 1 atom stereocenters. The Kier molecular flexibility index (Phi) is 3.87. The van der Waals surface area contributed by atoms with E-state index in [1.165, 1.54) is 0 Å². The van der Waals surface area contributed by atoms with Gasteiger partial charge in [0.25, 0.3) is 0 Å². The number of benzene rings is 1. The van der Waals surface area contributed by atoms with Gasteiger partial charge in [0.2, 0.25) is 5.91 Å². The van der Waals surface area contributed by atoms with Crippen LogP contribution in [0.25, 0.3) is 0 Å². The molecule has 100 valence electrons. The number of nitrogens with zero attached hydrogens (tertiary/aromatic N) is 1. The maximum absolute atomic E-state index is 12.2. The molecule has 1 amide bonds. The maximum atomic E-state index is 12.2. The summed E-state index contributed by atoms with van der Waals surface area (Å²) in [5.41, 5.74) is -0.0551. The lowest BCUT2D eigenvalue weighted by Gasteiger charge is -2.40. The molecule has 0 aromatic heterocycles. The Labute approximate surface area is 113 Å². The molecular formula is C15H18N2O2. The number of rotatable bonds is 4. The van der Waals surface area contributed by atoms with Gasteiger partial charge in [-0.3, -0.25) is 4.79 Å². The molecule has 1 aliphatic carbocycles. The second kappa shape index (κ2) is 5.41. The van der Waals surface area contributed by atoms with Crippen LogP contribution in [0.5, 0.6) is 0 Å². The first-order valence-corrected chi connectivity index (χ1v) is 6.49. The summed E-state index contributed by atoms with van der Waals surface area (Å²) >= 11 is 0. The SMILES string of the molecule is CC1CC(C#N)(C(=O)N[C@@H](CO)c2ccccc2)C1. The number of carbonyl (C=O) groups is 1. The van der Waals surface area contributed by atoms with Gasteiger partial charge in [-0.15, -0.1) is 0 Å². The average Bonchev–Trinajstić information content (AvgIpc) is 2.41. The molecule has 0 spiro atoms. The Hall–Kier alpha value is -1.86. The molecule has 0 unspecified atom stereocenters. The van der Waals surface area contributed by atoms with Crippen molar-refractivity contribution in [2.75, 3.05) is 6.61 Å². The van der Waals surface area contributed by atoms with Crippen molar-refractivity contribution in [3.05, 3.63) is 35.9 Å². The number of nitrogens with one attached hydrogen (secondary N) is 1. The molecule has 2 N–H and O–H groups in total. The summed E-state index contributed by atoms with van der Waals surface area (Å²) in [6.07, 6.45) is 1.20. The van der Waals surface area contributed by atoms with Crippen LogP contribution in [0.3, 0.4) is 0 Å². The van der Waals surface area contributed by atoms with Gasteiger partial charge in [0.1, 0.15) is 5.41 Å². The molecule has 1 aromatic carbocycles. The van der Waals surface area contributed by atoms with E-state index >= 15 is 0 Å². The fourth-order valence-electron chi connectivity index (χ4n) is 2.67. The lowest BCUT2D eigenvalue weighted by Crippen LogP contribution is -2.49. The second-order valence-electron chi connectivity index (χ2n) is 5.33. The molecule has 1 aromatic rings.